The Morgan fingerprint density at radius 1 is 0.258 bits per heavy atom. The number of benzene rings is 11. The van der Waals surface area contributed by atoms with Gasteiger partial charge in [0.2, 0.25) is 0 Å². The molecule has 0 saturated carbocycles. The second kappa shape index (κ2) is 16.6. The molecule has 0 radical (unpaired) electrons. The topological polar surface area (TPSA) is 3.24 Å². The van der Waals surface area contributed by atoms with E-state index in [9.17, 15) is 0 Å². The van der Waals surface area contributed by atoms with Crippen LogP contribution < -0.4 is 4.90 Å². The summed E-state index contributed by atoms with van der Waals surface area (Å²) in [6, 6.07) is 100. The van der Waals surface area contributed by atoms with Crippen molar-refractivity contribution in [3.63, 3.8) is 0 Å². The van der Waals surface area contributed by atoms with E-state index < -0.39 is 5.41 Å². The summed E-state index contributed by atoms with van der Waals surface area (Å²) in [4.78, 5) is 2.48. The first-order valence-corrected chi connectivity index (χ1v) is 22.8. The molecule has 0 N–H and O–H groups in total. The molecule has 0 fully saturated rings. The van der Waals surface area contributed by atoms with Crippen LogP contribution in [0.5, 0.6) is 0 Å². The van der Waals surface area contributed by atoms with Crippen LogP contribution in [0.15, 0.2) is 273 Å². The summed E-state index contributed by atoms with van der Waals surface area (Å²) in [7, 11) is 0. The normalized spacial score (nSPS) is 12.4. The van der Waals surface area contributed by atoms with Crippen molar-refractivity contribution in [3.8, 4) is 55.6 Å². The third-order valence-corrected chi connectivity index (χ3v) is 13.6. The predicted octanol–water partition coefficient (Wildman–Crippen LogP) is 17.3. The van der Waals surface area contributed by atoms with Crippen LogP contribution >= 0.6 is 0 Å². The first-order valence-electron chi connectivity index (χ1n) is 22.8. The number of anilines is 3. The largest absolute Gasteiger partial charge is 0.310 e. The molecule has 12 rings (SSSR count). The highest BCUT2D eigenvalue weighted by atomic mass is 15.1. The number of nitrogens with zero attached hydrogens (tertiary/aromatic N) is 1. The zero-order valence-corrected chi connectivity index (χ0v) is 36.4. The molecule has 0 bridgehead atoms. The van der Waals surface area contributed by atoms with Gasteiger partial charge in [0.25, 0.3) is 0 Å². The highest BCUT2D eigenvalue weighted by molar-refractivity contribution is 6.04. The van der Waals surface area contributed by atoms with Crippen LogP contribution in [-0.4, -0.2) is 0 Å². The molecular formula is C65H45N. The molecule has 1 nitrogen and oxygen atoms in total. The van der Waals surface area contributed by atoms with E-state index in [-0.39, 0.29) is 0 Å². The third-order valence-electron chi connectivity index (χ3n) is 13.6. The molecule has 0 amide bonds. The predicted molar refractivity (Wildman–Crippen MR) is 278 cm³/mol. The molecular weight excluding hydrogens is 795 g/mol. The van der Waals surface area contributed by atoms with Crippen LogP contribution in [-0.2, 0) is 5.41 Å². The molecule has 11 aromatic carbocycles. The zero-order valence-electron chi connectivity index (χ0n) is 36.4. The second-order valence-electron chi connectivity index (χ2n) is 17.2. The van der Waals surface area contributed by atoms with Gasteiger partial charge < -0.3 is 4.90 Å². The van der Waals surface area contributed by atoms with Crippen molar-refractivity contribution in [2.24, 2.45) is 0 Å². The lowest BCUT2D eigenvalue weighted by Crippen LogP contribution is -2.28. The highest BCUT2D eigenvalue weighted by Gasteiger charge is 2.47. The Kier molecular flexibility index (Phi) is 9.81. The molecule has 1 heteroatoms. The van der Waals surface area contributed by atoms with Crippen LogP contribution in [0.2, 0.25) is 0 Å². The van der Waals surface area contributed by atoms with Crippen molar-refractivity contribution in [3.05, 3.63) is 295 Å². The lowest BCUT2D eigenvalue weighted by Gasteiger charge is -2.35. The highest BCUT2D eigenvalue weighted by Crippen LogP contribution is 2.59. The first kappa shape index (κ1) is 39.1. The van der Waals surface area contributed by atoms with Crippen molar-refractivity contribution in [1.29, 1.82) is 0 Å². The Morgan fingerprint density at radius 3 is 1.21 bits per heavy atom. The van der Waals surface area contributed by atoms with E-state index >= 15 is 0 Å². The Hall–Kier alpha value is -8.52. The van der Waals surface area contributed by atoms with Gasteiger partial charge >= 0.3 is 0 Å². The second-order valence-corrected chi connectivity index (χ2v) is 17.2. The molecule has 1 aliphatic carbocycles. The van der Waals surface area contributed by atoms with Gasteiger partial charge in [-0.1, -0.05) is 237 Å². The maximum Gasteiger partial charge on any atom is 0.0714 e. The molecule has 0 saturated heterocycles. The Labute approximate surface area is 387 Å². The molecule has 0 aromatic heterocycles. The van der Waals surface area contributed by atoms with Crippen molar-refractivity contribution in [2.75, 3.05) is 4.90 Å². The van der Waals surface area contributed by atoms with Gasteiger partial charge in [0.05, 0.1) is 11.1 Å². The number of hydrogen-bond donors (Lipinski definition) is 0. The van der Waals surface area contributed by atoms with Gasteiger partial charge in [-0.15, -0.1) is 0 Å². The van der Waals surface area contributed by atoms with Gasteiger partial charge in [0.1, 0.15) is 0 Å². The van der Waals surface area contributed by atoms with E-state index in [0.717, 1.165) is 17.1 Å². The van der Waals surface area contributed by atoms with Gasteiger partial charge in [-0.05, 0) is 119 Å². The molecule has 0 atom stereocenters. The Bertz CT molecular complexity index is 3420. The van der Waals surface area contributed by atoms with Gasteiger partial charge in [0, 0.05) is 16.9 Å². The van der Waals surface area contributed by atoms with E-state index in [1.54, 1.807) is 0 Å². The maximum atomic E-state index is 2.52. The molecule has 1 aliphatic rings. The number of rotatable bonds is 9. The summed E-state index contributed by atoms with van der Waals surface area (Å²) < 4.78 is 0. The summed E-state index contributed by atoms with van der Waals surface area (Å²) >= 11 is 0. The smallest absolute Gasteiger partial charge is 0.0714 e. The maximum absolute atomic E-state index is 2.52. The minimum absolute atomic E-state index is 0.570. The zero-order chi connectivity index (χ0) is 43.9. The Morgan fingerprint density at radius 2 is 0.667 bits per heavy atom. The van der Waals surface area contributed by atoms with Crippen molar-refractivity contribution in [2.45, 2.75) is 5.41 Å². The standard InChI is InChI=1S/C65H45N/c1-5-18-46(19-6-1)48-32-34-49(35-33-48)51-38-42-56(43-39-51)66(55-40-36-50(37-41-55)47-20-7-2-8-21-47)64-45-63-60(44-61(64)58-30-17-23-52-22-13-14-28-57(52)58)59-29-15-16-31-62(59)65(63,53-24-9-3-10-25-53)54-26-11-4-12-27-54/h1-45H. The molecule has 310 valence electrons. The van der Waals surface area contributed by atoms with Crippen molar-refractivity contribution < 1.29 is 0 Å². The first-order chi connectivity index (χ1) is 32.7. The minimum Gasteiger partial charge on any atom is -0.310 e. The molecule has 0 aliphatic heterocycles. The fourth-order valence-electron chi connectivity index (χ4n) is 10.5. The van der Waals surface area contributed by atoms with E-state index in [0.29, 0.717) is 0 Å². The lowest BCUT2D eigenvalue weighted by atomic mass is 9.67. The number of hydrogen-bond acceptors (Lipinski definition) is 1. The van der Waals surface area contributed by atoms with Crippen LogP contribution in [0.3, 0.4) is 0 Å². The SMILES string of the molecule is c1ccc(-c2ccc(-c3ccc(N(c4ccc(-c5ccccc5)cc4)c4cc5c(cc4-c4cccc6ccccc46)-c4ccccc4C5(c4ccccc4)c4ccccc4)cc3)cc2)cc1. The van der Waals surface area contributed by atoms with Crippen LogP contribution in [0.25, 0.3) is 66.4 Å². The summed E-state index contributed by atoms with van der Waals surface area (Å²) in [5.74, 6) is 0. The van der Waals surface area contributed by atoms with Crippen molar-refractivity contribution in [1.82, 2.24) is 0 Å². The quantitative estimate of drug-likeness (QED) is 0.140. The van der Waals surface area contributed by atoms with E-state index in [1.807, 2.05) is 0 Å². The summed E-state index contributed by atoms with van der Waals surface area (Å²) in [6.07, 6.45) is 0. The average molecular weight is 840 g/mol. The monoisotopic (exact) mass is 839 g/mol. The van der Waals surface area contributed by atoms with Gasteiger partial charge in [-0.2, -0.15) is 0 Å². The minimum atomic E-state index is -0.570. The van der Waals surface area contributed by atoms with Crippen molar-refractivity contribution >= 4 is 27.8 Å². The fraction of sp³-hybridized carbons (Fsp3) is 0.0154. The molecule has 0 heterocycles. The van der Waals surface area contributed by atoms with E-state index in [2.05, 4.69) is 278 Å². The fourth-order valence-corrected chi connectivity index (χ4v) is 10.5. The van der Waals surface area contributed by atoms with Gasteiger partial charge in [0.15, 0.2) is 0 Å². The average Bonchev–Trinajstić information content (AvgIpc) is 3.70. The van der Waals surface area contributed by atoms with Gasteiger partial charge in [-0.25, -0.2) is 0 Å². The van der Waals surface area contributed by atoms with E-state index in [4.69, 9.17) is 0 Å². The third kappa shape index (κ3) is 6.64. The van der Waals surface area contributed by atoms with Gasteiger partial charge in [-0.3, -0.25) is 0 Å². The molecule has 11 aromatic rings. The van der Waals surface area contributed by atoms with E-state index in [1.165, 1.54) is 88.7 Å². The molecule has 66 heavy (non-hydrogen) atoms. The Balaban J connectivity index is 1.12. The number of fused-ring (bicyclic) bond motifs is 4. The molecule has 0 unspecified atom stereocenters. The van der Waals surface area contributed by atoms with Crippen LogP contribution in [0.4, 0.5) is 17.1 Å². The lowest BCUT2D eigenvalue weighted by molar-refractivity contribution is 0.768. The van der Waals surface area contributed by atoms with Crippen LogP contribution in [0.1, 0.15) is 22.3 Å². The summed E-state index contributed by atoms with van der Waals surface area (Å²) in [6.45, 7) is 0. The summed E-state index contributed by atoms with van der Waals surface area (Å²) in [5, 5.41) is 2.43. The summed E-state index contributed by atoms with van der Waals surface area (Å²) in [5.41, 5.74) is 19.8. The molecule has 0 spiro atoms. The van der Waals surface area contributed by atoms with Crippen LogP contribution in [0, 0.1) is 0 Å².